The predicted octanol–water partition coefficient (Wildman–Crippen LogP) is 3.95. The molecule has 4 heterocycles. The van der Waals surface area contributed by atoms with Crippen molar-refractivity contribution in [3.8, 4) is 0 Å². The number of urea groups is 1. The van der Waals surface area contributed by atoms with E-state index in [1.165, 1.54) is 0 Å². The van der Waals surface area contributed by atoms with E-state index in [9.17, 15) is 22.8 Å². The third kappa shape index (κ3) is 8.58. The lowest BCUT2D eigenvalue weighted by Gasteiger charge is -2.38. The van der Waals surface area contributed by atoms with Crippen molar-refractivity contribution in [3.05, 3.63) is 64.7 Å². The highest BCUT2D eigenvalue weighted by Crippen LogP contribution is 2.26. The number of likely N-dealkylation sites (tertiary alicyclic amines) is 1. The Balaban J connectivity index is 1.17. The molecule has 15 heteroatoms. The van der Waals surface area contributed by atoms with Gasteiger partial charge in [-0.25, -0.2) is 18.0 Å². The normalized spacial score (nSPS) is 17.5. The molecule has 2 aliphatic heterocycles. The molecule has 6 rings (SSSR count). The van der Waals surface area contributed by atoms with Crippen molar-refractivity contribution in [2.75, 3.05) is 51.6 Å². The number of aromatic amines is 1. The first-order valence-electron chi connectivity index (χ1n) is 18.1. The van der Waals surface area contributed by atoms with E-state index < -0.39 is 24.1 Å². The van der Waals surface area contributed by atoms with Gasteiger partial charge in [-0.15, -0.1) is 0 Å². The van der Waals surface area contributed by atoms with Gasteiger partial charge >= 0.3 is 11.7 Å². The molecule has 2 aromatic heterocycles. The first-order valence-corrected chi connectivity index (χ1v) is 23.5. The quantitative estimate of drug-likeness (QED) is 0.222. The van der Waals surface area contributed by atoms with Crippen molar-refractivity contribution in [1.82, 2.24) is 38.8 Å². The number of H-pyrrole nitrogens is 1. The second-order valence-corrected chi connectivity index (χ2v) is 23.3. The van der Waals surface area contributed by atoms with Crippen molar-refractivity contribution in [2.24, 2.45) is 5.92 Å². The van der Waals surface area contributed by atoms with Crippen LogP contribution in [0.1, 0.15) is 38.3 Å². The number of nitrogens with one attached hydrogen (secondary N) is 2. The highest BCUT2D eigenvalue weighted by molar-refractivity contribution is 7.90. The summed E-state index contributed by atoms with van der Waals surface area (Å²) in [6.45, 7) is 15.4. The van der Waals surface area contributed by atoms with Crippen LogP contribution in [0.5, 0.6) is 0 Å². The van der Waals surface area contributed by atoms with E-state index >= 15 is 0 Å². The number of piperidine rings is 1. The van der Waals surface area contributed by atoms with E-state index in [0.29, 0.717) is 61.9 Å². The minimum absolute atomic E-state index is 0.0377. The van der Waals surface area contributed by atoms with Gasteiger partial charge in [-0.3, -0.25) is 14.3 Å². The molecular formula is C36H52N8O5SSi. The van der Waals surface area contributed by atoms with Crippen LogP contribution in [0.4, 0.5) is 4.79 Å². The lowest BCUT2D eigenvalue weighted by Crippen LogP contribution is -2.57. The summed E-state index contributed by atoms with van der Waals surface area (Å²) in [4.78, 5) is 49.6. The molecule has 4 aromatic rings. The van der Waals surface area contributed by atoms with Crippen molar-refractivity contribution in [1.29, 1.82) is 0 Å². The Bertz CT molecular complexity index is 2030. The van der Waals surface area contributed by atoms with Crippen LogP contribution in [-0.2, 0) is 21.2 Å². The lowest BCUT2D eigenvalue weighted by molar-refractivity contribution is -0.135. The third-order valence-corrected chi connectivity index (χ3v) is 13.7. The predicted molar refractivity (Wildman–Crippen MR) is 203 cm³/mol. The lowest BCUT2D eigenvalue weighted by atomic mass is 10.0. The van der Waals surface area contributed by atoms with Gasteiger partial charge in [0, 0.05) is 71.7 Å². The summed E-state index contributed by atoms with van der Waals surface area (Å²) in [5, 5.41) is 7.98. The first kappa shape index (κ1) is 36.8. The summed E-state index contributed by atoms with van der Waals surface area (Å²) in [7, 11) is -5.20. The molecule has 3 amide bonds. The van der Waals surface area contributed by atoms with Crippen LogP contribution in [-0.4, -0.2) is 119 Å². The number of para-hydroxylation sites is 2. The highest BCUT2D eigenvalue weighted by atomic mass is 32.2. The summed E-state index contributed by atoms with van der Waals surface area (Å²) in [5.41, 5.74) is 2.81. The largest absolute Gasteiger partial charge is 0.338 e. The third-order valence-electron chi connectivity index (χ3n) is 10.1. The zero-order valence-electron chi connectivity index (χ0n) is 30.5. The molecule has 2 aromatic carbocycles. The summed E-state index contributed by atoms with van der Waals surface area (Å²) in [6, 6.07) is 12.6. The summed E-state index contributed by atoms with van der Waals surface area (Å²) >= 11 is 0. The molecule has 0 bridgehead atoms. The van der Waals surface area contributed by atoms with Crippen molar-refractivity contribution in [2.45, 2.75) is 70.9 Å². The van der Waals surface area contributed by atoms with Crippen LogP contribution in [0.3, 0.4) is 0 Å². The van der Waals surface area contributed by atoms with E-state index in [0.717, 1.165) is 40.3 Å². The fourth-order valence-electron chi connectivity index (χ4n) is 7.26. The van der Waals surface area contributed by atoms with E-state index in [1.807, 2.05) is 41.3 Å². The van der Waals surface area contributed by atoms with Gasteiger partial charge in [-0.2, -0.15) is 9.19 Å². The van der Waals surface area contributed by atoms with Gasteiger partial charge in [0.25, 0.3) is 10.0 Å². The van der Waals surface area contributed by atoms with Gasteiger partial charge in [0.2, 0.25) is 5.91 Å². The summed E-state index contributed by atoms with van der Waals surface area (Å²) in [5.74, 6) is 0.453. The zero-order chi connectivity index (χ0) is 36.5. The minimum atomic E-state index is -3.62. The number of aromatic nitrogens is 4. The van der Waals surface area contributed by atoms with E-state index in [4.69, 9.17) is 0 Å². The molecule has 0 radical (unpaired) electrons. The molecule has 2 fully saturated rings. The fraction of sp³-hybridized carbons (Fsp3) is 0.556. The molecule has 13 nitrogen and oxygen atoms in total. The standard InChI is InChI=1S/C36H52N8O5SSi/c1-26(2)25-40-16-18-41(19-17-40)34(45)31(23-27-10-11-32-28(22-27)24-37-44(32)50(48,49)20-21-51(3,4)5)39-35(46)42-14-12-29(13-15-42)43-33-9-7-6-8-30(33)38-36(43)47/h6-11,22,24,26,29,31H,12-21,23,25H2,1-5H3,(H,38,47)(H,39,46). The van der Waals surface area contributed by atoms with Crippen LogP contribution in [0.15, 0.2) is 53.5 Å². The number of amides is 3. The number of nitrogens with zero attached hydrogens (tertiary/aromatic N) is 6. The first-order chi connectivity index (χ1) is 24.2. The number of piperazine rings is 1. The van der Waals surface area contributed by atoms with Gasteiger partial charge in [-0.05, 0) is 54.6 Å². The molecule has 1 unspecified atom stereocenters. The van der Waals surface area contributed by atoms with Crippen LogP contribution >= 0.6 is 0 Å². The van der Waals surface area contributed by atoms with Gasteiger partial charge in [0.15, 0.2) is 0 Å². The molecule has 0 saturated carbocycles. The van der Waals surface area contributed by atoms with Crippen LogP contribution < -0.4 is 11.0 Å². The second kappa shape index (κ2) is 15.0. The smallest absolute Gasteiger partial charge is 0.326 e. The van der Waals surface area contributed by atoms with E-state index in [-0.39, 0.29) is 35.8 Å². The zero-order valence-corrected chi connectivity index (χ0v) is 32.3. The number of imidazole rings is 1. The molecule has 2 saturated heterocycles. The van der Waals surface area contributed by atoms with Gasteiger partial charge < -0.3 is 20.1 Å². The topological polar surface area (TPSA) is 146 Å². The number of rotatable bonds is 11. The maximum Gasteiger partial charge on any atom is 0.326 e. The summed E-state index contributed by atoms with van der Waals surface area (Å²) in [6.07, 6.45) is 3.04. The maximum atomic E-state index is 14.1. The molecule has 51 heavy (non-hydrogen) atoms. The monoisotopic (exact) mass is 736 g/mol. The Labute approximate surface area is 301 Å². The van der Waals surface area contributed by atoms with Crippen LogP contribution in [0.25, 0.3) is 21.9 Å². The Morgan fingerprint density at radius 1 is 0.961 bits per heavy atom. The fourth-order valence-corrected chi connectivity index (χ4v) is 11.6. The Hall–Kier alpha value is -3.95. The molecule has 0 aliphatic carbocycles. The molecule has 0 spiro atoms. The van der Waals surface area contributed by atoms with Gasteiger partial charge in [0.05, 0.1) is 28.5 Å². The minimum Gasteiger partial charge on any atom is -0.338 e. The Morgan fingerprint density at radius 2 is 1.67 bits per heavy atom. The summed E-state index contributed by atoms with van der Waals surface area (Å²) < 4.78 is 29.3. The second-order valence-electron chi connectivity index (χ2n) is 15.8. The van der Waals surface area contributed by atoms with Crippen molar-refractivity contribution < 1.29 is 18.0 Å². The number of carbonyl (C=O) groups is 2. The average molecular weight is 737 g/mol. The van der Waals surface area contributed by atoms with Gasteiger partial charge in [-0.1, -0.05) is 51.7 Å². The number of hydrogen-bond donors (Lipinski definition) is 2. The van der Waals surface area contributed by atoms with Crippen LogP contribution in [0, 0.1) is 5.92 Å². The molecule has 1 atom stereocenters. The molecular weight excluding hydrogens is 685 g/mol. The van der Waals surface area contributed by atoms with E-state index in [1.54, 1.807) is 21.7 Å². The Kier molecular flexibility index (Phi) is 10.8. The number of hydrogen-bond acceptors (Lipinski definition) is 7. The van der Waals surface area contributed by atoms with E-state index in [2.05, 4.69) is 53.8 Å². The average Bonchev–Trinajstić information content (AvgIpc) is 3.67. The van der Waals surface area contributed by atoms with Crippen molar-refractivity contribution in [3.63, 3.8) is 0 Å². The number of fused-ring (bicyclic) bond motifs is 2. The SMILES string of the molecule is CC(C)CN1CCN(C(=O)C(Cc2ccc3c(cnn3S(=O)(=O)CC[Si](C)(C)C)c2)NC(=O)N2CCC(n3c(=O)[nH]c4ccccc43)CC2)CC1. The van der Waals surface area contributed by atoms with Gasteiger partial charge in [0.1, 0.15) is 6.04 Å². The highest BCUT2D eigenvalue weighted by Gasteiger charge is 2.32. The maximum absolute atomic E-state index is 14.1. The number of benzene rings is 2. The van der Waals surface area contributed by atoms with Crippen LogP contribution in [0.2, 0.25) is 25.7 Å². The number of carbonyl (C=O) groups excluding carboxylic acids is 2. The van der Waals surface area contributed by atoms with Crippen molar-refractivity contribution >= 4 is 52.0 Å². The molecule has 2 N–H and O–H groups in total. The Morgan fingerprint density at radius 3 is 2.35 bits per heavy atom. The molecule has 2 aliphatic rings. The molecule has 276 valence electrons.